The minimum atomic E-state index is -2.56. The molecule has 1 radical (unpaired) electrons. The average Bonchev–Trinajstić information content (AvgIpc) is 2.74. The van der Waals surface area contributed by atoms with Crippen molar-refractivity contribution < 1.29 is 13.3 Å². The lowest BCUT2D eigenvalue weighted by molar-refractivity contribution is 0.0548. The summed E-state index contributed by atoms with van der Waals surface area (Å²) in [6.07, 6.45) is 20.8. The highest BCUT2D eigenvalue weighted by Crippen LogP contribution is 2.22. The smallest absolute Gasteiger partial charge is 0.373 e. The fourth-order valence-corrected chi connectivity index (χ4v) is 6.21. The van der Waals surface area contributed by atoms with Gasteiger partial charge in [-0.25, -0.2) is 0 Å². The second-order valence-electron chi connectivity index (χ2n) is 8.43. The van der Waals surface area contributed by atoms with Crippen LogP contribution in [0.1, 0.15) is 130 Å². The molecule has 175 valence electrons. The van der Waals surface area contributed by atoms with E-state index in [1.165, 1.54) is 77.0 Å². The minimum Gasteiger partial charge on any atom is -0.373 e. The Morgan fingerprint density at radius 2 is 0.828 bits per heavy atom. The standard InChI is InChI=1S/C25H53O3Si/c1-5-9-13-16-19-22-26-29(25-12-8-4,27-23-20-17-14-10-6-2)28-24-21-18-15-11-7-3/h4-25H2,1-3H3. The summed E-state index contributed by atoms with van der Waals surface area (Å²) in [7, 11) is -2.56. The highest BCUT2D eigenvalue weighted by molar-refractivity contribution is 6.60. The zero-order chi connectivity index (χ0) is 21.5. The molecule has 4 heteroatoms. The van der Waals surface area contributed by atoms with Gasteiger partial charge in [0.05, 0.1) is 0 Å². The summed E-state index contributed by atoms with van der Waals surface area (Å²) < 4.78 is 19.3. The molecule has 0 rings (SSSR count). The molecule has 0 fully saturated rings. The van der Waals surface area contributed by atoms with Crippen LogP contribution in [0.2, 0.25) is 6.04 Å². The fourth-order valence-electron chi connectivity index (χ4n) is 3.48. The van der Waals surface area contributed by atoms with Crippen LogP contribution in [0.4, 0.5) is 0 Å². The SMILES string of the molecule is [CH2]CCC[Si](OCCCCCCC)(OCCCCCCC)OCCCCCCC. The highest BCUT2D eigenvalue weighted by atomic mass is 28.4. The van der Waals surface area contributed by atoms with Gasteiger partial charge in [-0.05, 0) is 25.7 Å². The van der Waals surface area contributed by atoms with E-state index in [0.29, 0.717) is 0 Å². The summed E-state index contributed by atoms with van der Waals surface area (Å²) in [5, 5.41) is 0. The van der Waals surface area contributed by atoms with Crippen molar-refractivity contribution in [2.75, 3.05) is 19.8 Å². The van der Waals surface area contributed by atoms with Gasteiger partial charge >= 0.3 is 8.80 Å². The average molecular weight is 430 g/mol. The van der Waals surface area contributed by atoms with Gasteiger partial charge in [-0.1, -0.05) is 111 Å². The van der Waals surface area contributed by atoms with E-state index in [9.17, 15) is 0 Å². The van der Waals surface area contributed by atoms with Crippen molar-refractivity contribution >= 4 is 8.80 Å². The minimum absolute atomic E-state index is 0.790. The van der Waals surface area contributed by atoms with Gasteiger partial charge in [-0.15, -0.1) is 0 Å². The predicted octanol–water partition coefficient (Wildman–Crippen LogP) is 8.50. The second-order valence-corrected chi connectivity index (χ2v) is 11.2. The molecular formula is C25H53O3Si. The Balaban J connectivity index is 4.52. The molecule has 0 spiro atoms. The van der Waals surface area contributed by atoms with Crippen molar-refractivity contribution in [1.82, 2.24) is 0 Å². The van der Waals surface area contributed by atoms with Crippen molar-refractivity contribution in [3.05, 3.63) is 6.92 Å². The molecule has 0 aliphatic carbocycles. The molecule has 0 saturated heterocycles. The van der Waals surface area contributed by atoms with Gasteiger partial charge < -0.3 is 13.3 Å². The fraction of sp³-hybridized carbons (Fsp3) is 0.960. The Morgan fingerprint density at radius 3 is 1.14 bits per heavy atom. The van der Waals surface area contributed by atoms with Gasteiger partial charge in [0.1, 0.15) is 0 Å². The first-order valence-electron chi connectivity index (χ1n) is 13.0. The van der Waals surface area contributed by atoms with Crippen LogP contribution in [0, 0.1) is 6.92 Å². The summed E-state index contributed by atoms with van der Waals surface area (Å²) in [5.41, 5.74) is 0. The molecule has 0 bridgehead atoms. The molecule has 0 heterocycles. The lowest BCUT2D eigenvalue weighted by Crippen LogP contribution is -2.46. The molecule has 0 amide bonds. The van der Waals surface area contributed by atoms with Crippen molar-refractivity contribution in [2.45, 2.75) is 136 Å². The maximum atomic E-state index is 6.43. The molecule has 29 heavy (non-hydrogen) atoms. The molecule has 0 aromatic carbocycles. The lowest BCUT2D eigenvalue weighted by atomic mass is 10.2. The Morgan fingerprint density at radius 1 is 0.483 bits per heavy atom. The van der Waals surface area contributed by atoms with E-state index in [4.69, 9.17) is 13.3 Å². The van der Waals surface area contributed by atoms with Crippen molar-refractivity contribution in [3.8, 4) is 0 Å². The van der Waals surface area contributed by atoms with Gasteiger partial charge in [0.25, 0.3) is 0 Å². The molecule has 0 atom stereocenters. The Kier molecular flexibility index (Phi) is 22.9. The Bertz CT molecular complexity index is 272. The molecule has 0 saturated carbocycles. The summed E-state index contributed by atoms with van der Waals surface area (Å²) in [6, 6.07) is 0.926. The highest BCUT2D eigenvalue weighted by Gasteiger charge is 2.40. The first kappa shape index (κ1) is 29.1. The van der Waals surface area contributed by atoms with E-state index in [-0.39, 0.29) is 0 Å². The van der Waals surface area contributed by atoms with Gasteiger partial charge in [-0.2, -0.15) is 0 Å². The van der Waals surface area contributed by atoms with Crippen LogP contribution in [0.3, 0.4) is 0 Å². The number of unbranched alkanes of at least 4 members (excludes halogenated alkanes) is 13. The molecule has 0 unspecified atom stereocenters. The van der Waals surface area contributed by atoms with Crippen molar-refractivity contribution in [1.29, 1.82) is 0 Å². The summed E-state index contributed by atoms with van der Waals surface area (Å²) in [4.78, 5) is 0. The first-order valence-corrected chi connectivity index (χ1v) is 14.9. The second kappa shape index (κ2) is 22.8. The topological polar surface area (TPSA) is 27.7 Å². The van der Waals surface area contributed by atoms with Gasteiger partial charge in [0.2, 0.25) is 0 Å². The third kappa shape index (κ3) is 18.6. The number of rotatable bonds is 24. The third-order valence-electron chi connectivity index (χ3n) is 5.44. The number of hydrogen-bond acceptors (Lipinski definition) is 3. The summed E-state index contributed by atoms with van der Waals surface area (Å²) in [6.45, 7) is 13.2. The van der Waals surface area contributed by atoms with Crippen molar-refractivity contribution in [3.63, 3.8) is 0 Å². The molecule has 0 aliphatic rings. The van der Waals surface area contributed by atoms with E-state index in [2.05, 4.69) is 27.7 Å². The molecule has 0 aromatic rings. The van der Waals surface area contributed by atoms with Crippen LogP contribution in [0.5, 0.6) is 0 Å². The molecular weight excluding hydrogens is 376 g/mol. The monoisotopic (exact) mass is 429 g/mol. The van der Waals surface area contributed by atoms with Gasteiger partial charge in [0, 0.05) is 25.9 Å². The Labute approximate surface area is 185 Å². The van der Waals surface area contributed by atoms with Crippen molar-refractivity contribution in [2.24, 2.45) is 0 Å². The van der Waals surface area contributed by atoms with Crippen LogP contribution < -0.4 is 0 Å². The largest absolute Gasteiger partial charge is 0.500 e. The molecule has 0 N–H and O–H groups in total. The van der Waals surface area contributed by atoms with Crippen LogP contribution in [-0.4, -0.2) is 28.6 Å². The van der Waals surface area contributed by atoms with Gasteiger partial charge in [-0.3, -0.25) is 0 Å². The van der Waals surface area contributed by atoms with E-state index < -0.39 is 8.80 Å². The quantitative estimate of drug-likeness (QED) is 0.114. The Hall–Kier alpha value is 0.0969. The zero-order valence-corrected chi connectivity index (χ0v) is 21.3. The van der Waals surface area contributed by atoms with Crippen LogP contribution in [0.15, 0.2) is 0 Å². The zero-order valence-electron chi connectivity index (χ0n) is 20.3. The predicted molar refractivity (Wildman–Crippen MR) is 129 cm³/mol. The van der Waals surface area contributed by atoms with E-state index in [0.717, 1.165) is 58.0 Å². The first-order chi connectivity index (χ1) is 14.2. The van der Waals surface area contributed by atoms with Crippen LogP contribution in [0.25, 0.3) is 0 Å². The molecule has 0 aliphatic heterocycles. The van der Waals surface area contributed by atoms with E-state index >= 15 is 0 Å². The molecule has 0 aromatic heterocycles. The maximum absolute atomic E-state index is 6.43. The molecule has 3 nitrogen and oxygen atoms in total. The van der Waals surface area contributed by atoms with E-state index in [1.54, 1.807) is 0 Å². The summed E-state index contributed by atoms with van der Waals surface area (Å²) in [5.74, 6) is 0. The maximum Gasteiger partial charge on any atom is 0.500 e. The number of hydrogen-bond donors (Lipinski definition) is 0. The van der Waals surface area contributed by atoms with E-state index in [1.807, 2.05) is 0 Å². The third-order valence-corrected chi connectivity index (χ3v) is 8.34. The summed E-state index contributed by atoms with van der Waals surface area (Å²) >= 11 is 0. The van der Waals surface area contributed by atoms with Crippen LogP contribution >= 0.6 is 0 Å². The van der Waals surface area contributed by atoms with Crippen LogP contribution in [-0.2, 0) is 13.3 Å². The lowest BCUT2D eigenvalue weighted by Gasteiger charge is -2.30. The normalized spacial score (nSPS) is 12.0. The van der Waals surface area contributed by atoms with Gasteiger partial charge in [0.15, 0.2) is 0 Å².